The Morgan fingerprint density at radius 1 is 0.327 bits per heavy atom. The summed E-state index contributed by atoms with van der Waals surface area (Å²) in [4.78, 5) is 0. The molecule has 16 aliphatic rings. The first-order valence-corrected chi connectivity index (χ1v) is 23.7. The van der Waals surface area contributed by atoms with Crippen LogP contribution >= 0.6 is 24.1 Å². The molecule has 0 aromatic heterocycles. The zero-order valence-electron chi connectivity index (χ0n) is 30.3. The largest absolute Gasteiger partial charge is 0.391 e. The molecule has 4 atom stereocenters. The number of rotatable bonds is 10. The molecular weight excluding hydrogens is 641 g/mol. The van der Waals surface area contributed by atoms with Crippen molar-refractivity contribution in [3.63, 3.8) is 0 Å². The van der Waals surface area contributed by atoms with Crippen LogP contribution in [0.3, 0.4) is 0 Å². The van der Waals surface area contributed by atoms with Gasteiger partial charge in [0.2, 0.25) is 0 Å². The molecule has 0 aliphatic heterocycles. The maximum Gasteiger partial charge on any atom is 0.0743 e. The van der Waals surface area contributed by atoms with E-state index < -0.39 is 0 Å². The van der Waals surface area contributed by atoms with Crippen molar-refractivity contribution in [3.05, 3.63) is 0 Å². The third-order valence-electron chi connectivity index (χ3n) is 19.7. The summed E-state index contributed by atoms with van der Waals surface area (Å²) in [7, 11) is 0. The van der Waals surface area contributed by atoms with Gasteiger partial charge in [-0.05, 0) is 247 Å². The Bertz CT molecular complexity index is 1090. The smallest absolute Gasteiger partial charge is 0.0743 e. The lowest BCUT2D eigenvalue weighted by molar-refractivity contribution is -0.147. The summed E-state index contributed by atoms with van der Waals surface area (Å²) in [6.45, 7) is 0. The zero-order valence-corrected chi connectivity index (χ0v) is 32.0. The minimum absolute atomic E-state index is 0.141. The highest BCUT2D eigenvalue weighted by Crippen LogP contribution is 2.71. The summed E-state index contributed by atoms with van der Waals surface area (Å²) in [5, 5.41) is 26.5. The molecule has 5 heteroatoms. The fourth-order valence-corrected chi connectivity index (χ4v) is 22.5. The Morgan fingerprint density at radius 2 is 0.510 bits per heavy atom. The number of hydrogen-bond donors (Lipinski definition) is 2. The summed E-state index contributed by atoms with van der Waals surface area (Å²) in [5.41, 5.74) is 0.804. The molecule has 0 radical (unpaired) electrons. The van der Waals surface area contributed by atoms with E-state index >= 15 is 0 Å². The molecule has 272 valence electrons. The molecule has 0 heterocycles. The van der Waals surface area contributed by atoms with Gasteiger partial charge in [0, 0.05) is 24.1 Å². The van der Waals surface area contributed by atoms with Crippen LogP contribution in [0.2, 0.25) is 0 Å². The van der Waals surface area contributed by atoms with Gasteiger partial charge in [-0.1, -0.05) is 0 Å². The lowest BCUT2D eigenvalue weighted by Gasteiger charge is -2.64. The second-order valence-electron chi connectivity index (χ2n) is 23.1. The summed E-state index contributed by atoms with van der Waals surface area (Å²) in [5.74, 6) is 10.6. The highest BCUT2D eigenvalue weighted by atomic mass is 32.2. The molecule has 49 heavy (non-hydrogen) atoms. The van der Waals surface area contributed by atoms with E-state index in [-0.39, 0.29) is 44.4 Å². The highest BCUT2D eigenvalue weighted by molar-refractivity contribution is 8.08. The number of aliphatic hydroxyl groups is 2. The first kappa shape index (κ1) is 31.9. The predicted molar refractivity (Wildman–Crippen MR) is 198 cm³/mol. The van der Waals surface area contributed by atoms with Crippen LogP contribution in [0.15, 0.2) is 0 Å². The molecule has 0 saturated heterocycles. The van der Waals surface area contributed by atoms with Crippen molar-refractivity contribution >= 4 is 24.1 Å². The molecule has 3 nitrogen and oxygen atoms in total. The minimum atomic E-state index is -0.228. The van der Waals surface area contributed by atoms with Crippen LogP contribution in [-0.2, 0) is 3.63 Å². The standard InChI is InChI=1S/C44H66O3S2/c45-37(41-13-25-1-26(14-41)3-27(2-25)15-41)39(43-19-31-7-32(20-43)9-33(8-31)21-43)48-47-49-40(44-22-34-10-35(23-44)12-36(11-34)24-44)38(46)42-16-28-4-29(17-42)6-30(5-28)18-42/h25-40,45-46H,1-24H2. The Morgan fingerprint density at radius 3 is 0.714 bits per heavy atom. The lowest BCUT2D eigenvalue weighted by Crippen LogP contribution is -2.61. The molecule has 16 bridgehead atoms. The van der Waals surface area contributed by atoms with Crippen LogP contribution in [0, 0.1) is 92.7 Å². The van der Waals surface area contributed by atoms with Crippen molar-refractivity contribution in [1.82, 2.24) is 0 Å². The van der Waals surface area contributed by atoms with Crippen LogP contribution in [0.1, 0.15) is 154 Å². The van der Waals surface area contributed by atoms with Crippen molar-refractivity contribution in [2.45, 2.75) is 177 Å². The maximum absolute atomic E-state index is 13.0. The Labute approximate surface area is 306 Å². The highest BCUT2D eigenvalue weighted by Gasteiger charge is 2.64. The number of hydrogen-bond acceptors (Lipinski definition) is 5. The van der Waals surface area contributed by atoms with E-state index in [4.69, 9.17) is 3.63 Å². The van der Waals surface area contributed by atoms with Crippen LogP contribution in [0.4, 0.5) is 0 Å². The summed E-state index contributed by atoms with van der Waals surface area (Å²) < 4.78 is 7.22. The molecule has 0 amide bonds. The van der Waals surface area contributed by atoms with Crippen molar-refractivity contribution in [2.75, 3.05) is 0 Å². The monoisotopic (exact) mass is 706 g/mol. The minimum Gasteiger partial charge on any atom is -0.391 e. The zero-order chi connectivity index (χ0) is 32.3. The molecule has 16 aliphatic carbocycles. The molecule has 2 N–H and O–H groups in total. The first-order valence-electron chi connectivity index (χ1n) is 22.1. The Balaban J connectivity index is 0.866. The quantitative estimate of drug-likeness (QED) is 0.222. The van der Waals surface area contributed by atoms with Gasteiger partial charge in [-0.3, -0.25) is 0 Å². The van der Waals surface area contributed by atoms with Crippen molar-refractivity contribution in [2.24, 2.45) is 92.7 Å². The molecule has 0 aromatic carbocycles. The van der Waals surface area contributed by atoms with Crippen molar-refractivity contribution in [1.29, 1.82) is 0 Å². The molecular formula is C44H66O3S2. The average Bonchev–Trinajstić information content (AvgIpc) is 3.01. The van der Waals surface area contributed by atoms with E-state index in [1.165, 1.54) is 154 Å². The molecule has 4 unspecified atom stereocenters. The van der Waals surface area contributed by atoms with Crippen molar-refractivity contribution < 1.29 is 13.8 Å². The van der Waals surface area contributed by atoms with E-state index in [0.29, 0.717) is 0 Å². The van der Waals surface area contributed by atoms with Gasteiger partial charge >= 0.3 is 0 Å². The van der Waals surface area contributed by atoms with Gasteiger partial charge < -0.3 is 10.2 Å². The van der Waals surface area contributed by atoms with Gasteiger partial charge in [0.05, 0.1) is 22.7 Å². The molecule has 16 rings (SSSR count). The predicted octanol–water partition coefficient (Wildman–Crippen LogP) is 10.6. The first-order chi connectivity index (χ1) is 23.7. The van der Waals surface area contributed by atoms with E-state index in [2.05, 4.69) is 0 Å². The van der Waals surface area contributed by atoms with Gasteiger partial charge in [0.25, 0.3) is 0 Å². The van der Waals surface area contributed by atoms with E-state index in [0.717, 1.165) is 71.0 Å². The number of aliphatic hydroxyl groups excluding tert-OH is 2. The third-order valence-corrected chi connectivity index (χ3v) is 22.2. The Kier molecular flexibility index (Phi) is 7.22. The average molecular weight is 707 g/mol. The maximum atomic E-state index is 13.0. The second-order valence-corrected chi connectivity index (χ2v) is 25.1. The normalized spacial score (nSPS) is 59.1. The topological polar surface area (TPSA) is 49.7 Å². The SMILES string of the molecule is OC(C(SOSC(C(O)C12CC3CC(CC(C3)C1)C2)C12CC3CC(CC(C3)C1)C2)C12CC3CC(CC(C3)C1)C2)C12CC3CC(CC(C3)C1)C2. The molecule has 16 fully saturated rings. The van der Waals surface area contributed by atoms with Crippen LogP contribution in [0.25, 0.3) is 0 Å². The van der Waals surface area contributed by atoms with Gasteiger partial charge in [-0.25, -0.2) is 3.63 Å². The second kappa shape index (κ2) is 11.1. The fraction of sp³-hybridized carbons (Fsp3) is 1.00. The van der Waals surface area contributed by atoms with Gasteiger partial charge in [0.1, 0.15) is 0 Å². The van der Waals surface area contributed by atoms with Crippen molar-refractivity contribution in [3.8, 4) is 0 Å². The third kappa shape index (κ3) is 4.91. The molecule has 0 aromatic rings. The van der Waals surface area contributed by atoms with E-state index in [9.17, 15) is 10.2 Å². The van der Waals surface area contributed by atoms with Crippen LogP contribution in [0.5, 0.6) is 0 Å². The van der Waals surface area contributed by atoms with Gasteiger partial charge in [-0.2, -0.15) is 0 Å². The summed E-state index contributed by atoms with van der Waals surface area (Å²) in [6, 6.07) is 0. The fourth-order valence-electron chi connectivity index (χ4n) is 19.9. The Hall–Kier alpha value is 0.580. The lowest BCUT2D eigenvalue weighted by atomic mass is 9.44. The van der Waals surface area contributed by atoms with Crippen LogP contribution < -0.4 is 0 Å². The summed E-state index contributed by atoms with van der Waals surface area (Å²) >= 11 is 3.59. The molecule has 0 spiro atoms. The summed E-state index contributed by atoms with van der Waals surface area (Å²) in [6.07, 6.45) is 32.8. The van der Waals surface area contributed by atoms with Gasteiger partial charge in [0.15, 0.2) is 0 Å². The van der Waals surface area contributed by atoms with E-state index in [1.54, 1.807) is 24.1 Å². The van der Waals surface area contributed by atoms with E-state index in [1.807, 2.05) is 0 Å². The van der Waals surface area contributed by atoms with Gasteiger partial charge in [-0.15, -0.1) is 0 Å². The molecule has 16 saturated carbocycles. The van der Waals surface area contributed by atoms with Crippen LogP contribution in [-0.4, -0.2) is 32.9 Å².